The molecule has 0 spiro atoms. The van der Waals surface area contributed by atoms with Crippen LogP contribution in [0.4, 0.5) is 4.39 Å². The minimum absolute atomic E-state index is 0.0327. The molecule has 1 aromatic heterocycles. The van der Waals surface area contributed by atoms with Crippen LogP contribution in [0.5, 0.6) is 0 Å². The normalized spacial score (nSPS) is 10.3. The lowest BCUT2D eigenvalue weighted by Crippen LogP contribution is -1.91. The first kappa shape index (κ1) is 9.73. The van der Waals surface area contributed by atoms with Crippen LogP contribution in [0, 0.1) is 5.82 Å². The Bertz CT molecular complexity index is 456. The van der Waals surface area contributed by atoms with E-state index in [0.29, 0.717) is 5.82 Å². The Hall–Kier alpha value is -1.81. The molecule has 0 aliphatic rings. The molecule has 2 rings (SSSR count). The van der Waals surface area contributed by atoms with Crippen LogP contribution in [-0.4, -0.2) is 15.1 Å². The summed E-state index contributed by atoms with van der Waals surface area (Å²) < 4.78 is 12.6. The Morgan fingerprint density at radius 3 is 2.60 bits per heavy atom. The number of halogens is 1. The summed E-state index contributed by atoms with van der Waals surface area (Å²) in [6.07, 6.45) is 2.24. The summed E-state index contributed by atoms with van der Waals surface area (Å²) in [4.78, 5) is 7.71. The zero-order valence-corrected chi connectivity index (χ0v) is 7.89. The summed E-state index contributed by atoms with van der Waals surface area (Å²) in [6.45, 7) is -0.0327. The van der Waals surface area contributed by atoms with E-state index in [9.17, 15) is 4.39 Å². The maximum absolute atomic E-state index is 12.6. The van der Waals surface area contributed by atoms with Crippen molar-refractivity contribution in [1.29, 1.82) is 0 Å². The van der Waals surface area contributed by atoms with E-state index in [-0.39, 0.29) is 6.61 Å². The molecule has 0 radical (unpaired) electrons. The van der Waals surface area contributed by atoms with Crippen molar-refractivity contribution >= 4 is 0 Å². The molecule has 15 heavy (non-hydrogen) atoms. The van der Waals surface area contributed by atoms with Crippen LogP contribution >= 0.6 is 0 Å². The molecular weight excluding hydrogens is 195 g/mol. The minimum atomic E-state index is -0.461. The van der Waals surface area contributed by atoms with E-state index in [1.54, 1.807) is 18.2 Å². The molecule has 2 aromatic rings. The van der Waals surface area contributed by atoms with Gasteiger partial charge in [0.1, 0.15) is 0 Å². The van der Waals surface area contributed by atoms with Gasteiger partial charge in [-0.3, -0.25) is 0 Å². The Morgan fingerprint density at radius 1 is 1.20 bits per heavy atom. The molecule has 1 N–H and O–H groups in total. The standard InChI is InChI=1S/C11H9FN2O/c12-10-5-13-11(14-6-10)9-3-1-2-8(4-9)7-15/h1-6,15H,7H2. The van der Waals surface area contributed by atoms with Crippen molar-refractivity contribution in [3.8, 4) is 11.4 Å². The summed E-state index contributed by atoms with van der Waals surface area (Å²) in [6, 6.07) is 7.18. The number of rotatable bonds is 2. The van der Waals surface area contributed by atoms with Gasteiger partial charge < -0.3 is 5.11 Å². The van der Waals surface area contributed by atoms with Gasteiger partial charge in [-0.05, 0) is 11.6 Å². The largest absolute Gasteiger partial charge is 0.392 e. The quantitative estimate of drug-likeness (QED) is 0.810. The number of nitrogens with zero attached hydrogens (tertiary/aromatic N) is 2. The molecular formula is C11H9FN2O. The number of aliphatic hydroxyl groups excluding tert-OH is 1. The second-order valence-electron chi connectivity index (χ2n) is 3.08. The van der Waals surface area contributed by atoms with Crippen molar-refractivity contribution in [3.05, 3.63) is 48.0 Å². The topological polar surface area (TPSA) is 46.0 Å². The number of aromatic nitrogens is 2. The highest BCUT2D eigenvalue weighted by Gasteiger charge is 2.01. The van der Waals surface area contributed by atoms with Crippen LogP contribution in [0.3, 0.4) is 0 Å². The average molecular weight is 204 g/mol. The van der Waals surface area contributed by atoms with Gasteiger partial charge in [-0.25, -0.2) is 14.4 Å². The van der Waals surface area contributed by atoms with Gasteiger partial charge in [0, 0.05) is 5.56 Å². The molecule has 0 aliphatic carbocycles. The van der Waals surface area contributed by atoms with Crippen LogP contribution in [0.2, 0.25) is 0 Å². The molecule has 0 atom stereocenters. The minimum Gasteiger partial charge on any atom is -0.392 e. The average Bonchev–Trinajstić information content (AvgIpc) is 2.30. The number of aliphatic hydroxyl groups is 1. The van der Waals surface area contributed by atoms with Gasteiger partial charge in [0.25, 0.3) is 0 Å². The summed E-state index contributed by atoms with van der Waals surface area (Å²) in [5, 5.41) is 8.95. The number of benzene rings is 1. The summed E-state index contributed by atoms with van der Waals surface area (Å²) in [5.41, 5.74) is 1.54. The van der Waals surface area contributed by atoms with Gasteiger partial charge in [-0.15, -0.1) is 0 Å². The van der Waals surface area contributed by atoms with Crippen LogP contribution in [0.25, 0.3) is 11.4 Å². The van der Waals surface area contributed by atoms with Crippen molar-refractivity contribution in [2.24, 2.45) is 0 Å². The fourth-order valence-electron chi connectivity index (χ4n) is 1.27. The van der Waals surface area contributed by atoms with Crippen LogP contribution in [-0.2, 0) is 6.61 Å². The van der Waals surface area contributed by atoms with Gasteiger partial charge in [0.15, 0.2) is 11.6 Å². The molecule has 0 unspecified atom stereocenters. The van der Waals surface area contributed by atoms with Crippen molar-refractivity contribution in [2.75, 3.05) is 0 Å². The highest BCUT2D eigenvalue weighted by Crippen LogP contribution is 2.15. The second kappa shape index (κ2) is 4.14. The predicted molar refractivity (Wildman–Crippen MR) is 53.3 cm³/mol. The maximum atomic E-state index is 12.6. The van der Waals surface area contributed by atoms with Crippen molar-refractivity contribution in [3.63, 3.8) is 0 Å². The van der Waals surface area contributed by atoms with E-state index in [2.05, 4.69) is 9.97 Å². The lowest BCUT2D eigenvalue weighted by Gasteiger charge is -2.01. The molecule has 0 bridgehead atoms. The number of hydrogen-bond donors (Lipinski definition) is 1. The molecule has 4 heteroatoms. The first-order chi connectivity index (χ1) is 7.29. The van der Waals surface area contributed by atoms with Gasteiger partial charge in [-0.2, -0.15) is 0 Å². The summed E-state index contributed by atoms with van der Waals surface area (Å²) in [7, 11) is 0. The van der Waals surface area contributed by atoms with Gasteiger partial charge in [0.05, 0.1) is 19.0 Å². The van der Waals surface area contributed by atoms with E-state index in [0.717, 1.165) is 23.5 Å². The van der Waals surface area contributed by atoms with Crippen LogP contribution in [0.1, 0.15) is 5.56 Å². The zero-order chi connectivity index (χ0) is 10.7. The molecule has 0 fully saturated rings. The third-order valence-electron chi connectivity index (χ3n) is 1.99. The molecule has 1 heterocycles. The van der Waals surface area contributed by atoms with E-state index in [1.165, 1.54) is 0 Å². The van der Waals surface area contributed by atoms with Gasteiger partial charge in [-0.1, -0.05) is 18.2 Å². The third-order valence-corrected chi connectivity index (χ3v) is 1.99. The molecule has 0 saturated carbocycles. The molecule has 1 aromatic carbocycles. The lowest BCUT2D eigenvalue weighted by molar-refractivity contribution is 0.282. The fraction of sp³-hybridized carbons (Fsp3) is 0.0909. The summed E-state index contributed by atoms with van der Waals surface area (Å²) >= 11 is 0. The van der Waals surface area contributed by atoms with E-state index >= 15 is 0 Å². The Balaban J connectivity index is 2.40. The fourth-order valence-corrected chi connectivity index (χ4v) is 1.27. The van der Waals surface area contributed by atoms with Crippen LogP contribution in [0.15, 0.2) is 36.7 Å². The van der Waals surface area contributed by atoms with E-state index < -0.39 is 5.82 Å². The Kier molecular flexibility index (Phi) is 2.69. The van der Waals surface area contributed by atoms with Crippen LogP contribution < -0.4 is 0 Å². The van der Waals surface area contributed by atoms with Gasteiger partial charge >= 0.3 is 0 Å². The number of hydrogen-bond acceptors (Lipinski definition) is 3. The van der Waals surface area contributed by atoms with Crippen molar-refractivity contribution in [1.82, 2.24) is 9.97 Å². The first-order valence-corrected chi connectivity index (χ1v) is 4.47. The van der Waals surface area contributed by atoms with E-state index in [4.69, 9.17) is 5.11 Å². The van der Waals surface area contributed by atoms with Gasteiger partial charge in [0.2, 0.25) is 0 Å². The zero-order valence-electron chi connectivity index (χ0n) is 7.89. The summed E-state index contributed by atoms with van der Waals surface area (Å²) in [5.74, 6) is -0.0104. The molecule has 0 amide bonds. The lowest BCUT2D eigenvalue weighted by atomic mass is 10.1. The highest BCUT2D eigenvalue weighted by molar-refractivity contribution is 5.55. The third kappa shape index (κ3) is 2.16. The van der Waals surface area contributed by atoms with Crippen molar-refractivity contribution < 1.29 is 9.50 Å². The molecule has 3 nitrogen and oxygen atoms in total. The molecule has 76 valence electrons. The molecule has 0 saturated heterocycles. The second-order valence-corrected chi connectivity index (χ2v) is 3.08. The van der Waals surface area contributed by atoms with E-state index in [1.807, 2.05) is 6.07 Å². The Morgan fingerprint density at radius 2 is 1.93 bits per heavy atom. The molecule has 0 aliphatic heterocycles. The van der Waals surface area contributed by atoms with Crippen molar-refractivity contribution in [2.45, 2.75) is 6.61 Å². The maximum Gasteiger partial charge on any atom is 0.159 e. The smallest absolute Gasteiger partial charge is 0.159 e. The monoisotopic (exact) mass is 204 g/mol. The SMILES string of the molecule is OCc1cccc(-c2ncc(F)cn2)c1. The first-order valence-electron chi connectivity index (χ1n) is 4.47. The highest BCUT2D eigenvalue weighted by atomic mass is 19.1. The Labute approximate surface area is 86.3 Å². The predicted octanol–water partition coefficient (Wildman–Crippen LogP) is 1.77.